The first-order valence-electron chi connectivity index (χ1n) is 7.36. The number of nitrogens with zero attached hydrogens (tertiary/aromatic N) is 1. The fraction of sp³-hybridized carbons (Fsp3) is 0.786. The lowest BCUT2D eigenvalue weighted by molar-refractivity contribution is 0.439. The maximum Gasteiger partial charge on any atom is 0.154 e. The molecule has 7 heteroatoms. The van der Waals surface area contributed by atoms with E-state index in [-0.39, 0.29) is 17.2 Å². The monoisotopic (exact) mass is 331 g/mol. The second kappa shape index (κ2) is 6.32. The van der Waals surface area contributed by atoms with Crippen LogP contribution in [0.1, 0.15) is 50.7 Å². The minimum absolute atomic E-state index is 0.0112. The molecule has 0 spiro atoms. The Hall–Kier alpha value is -0.500. The van der Waals surface area contributed by atoms with Gasteiger partial charge in [0.2, 0.25) is 0 Å². The maximum atomic E-state index is 12.2. The van der Waals surface area contributed by atoms with Crippen LogP contribution in [0.3, 0.4) is 0 Å². The van der Waals surface area contributed by atoms with E-state index in [0.29, 0.717) is 12.8 Å². The summed E-state index contributed by atoms with van der Waals surface area (Å²) in [6.45, 7) is 6.36. The van der Waals surface area contributed by atoms with Crippen LogP contribution < -0.4 is 11.3 Å². The molecular formula is C14H25N3O2S2. The lowest BCUT2D eigenvalue weighted by Gasteiger charge is -2.29. The third kappa shape index (κ3) is 4.03. The van der Waals surface area contributed by atoms with Crippen LogP contribution in [0.25, 0.3) is 0 Å². The summed E-state index contributed by atoms with van der Waals surface area (Å²) < 4.78 is 24.4. The van der Waals surface area contributed by atoms with Crippen molar-refractivity contribution in [2.24, 2.45) is 5.84 Å². The summed E-state index contributed by atoms with van der Waals surface area (Å²) >= 11 is 1.58. The van der Waals surface area contributed by atoms with Crippen LogP contribution in [0.4, 0.5) is 0 Å². The number of hydrogen-bond acceptors (Lipinski definition) is 6. The first-order valence-corrected chi connectivity index (χ1v) is 9.96. The summed E-state index contributed by atoms with van der Waals surface area (Å²) in [5, 5.41) is 2.61. The van der Waals surface area contributed by atoms with Gasteiger partial charge in [-0.05, 0) is 12.8 Å². The molecule has 1 aromatic heterocycles. The molecule has 2 unspecified atom stereocenters. The molecule has 1 aliphatic rings. The molecule has 0 saturated carbocycles. The molecule has 0 aliphatic carbocycles. The number of hydrazine groups is 1. The van der Waals surface area contributed by atoms with Gasteiger partial charge in [0.15, 0.2) is 9.84 Å². The second-order valence-corrected chi connectivity index (χ2v) is 10.0. The fourth-order valence-corrected chi connectivity index (χ4v) is 5.86. The highest BCUT2D eigenvalue weighted by molar-refractivity contribution is 7.92. The molecule has 1 aromatic rings. The number of rotatable bonds is 4. The van der Waals surface area contributed by atoms with Gasteiger partial charge >= 0.3 is 0 Å². The Balaban J connectivity index is 2.14. The van der Waals surface area contributed by atoms with Crippen molar-refractivity contribution in [2.75, 3.05) is 5.75 Å². The van der Waals surface area contributed by atoms with Gasteiger partial charge in [0.25, 0.3) is 0 Å². The van der Waals surface area contributed by atoms with Crippen molar-refractivity contribution in [3.8, 4) is 0 Å². The third-order valence-electron chi connectivity index (χ3n) is 4.01. The van der Waals surface area contributed by atoms with E-state index in [9.17, 15) is 8.42 Å². The minimum Gasteiger partial charge on any atom is -0.271 e. The molecule has 5 nitrogen and oxygen atoms in total. The zero-order valence-electron chi connectivity index (χ0n) is 12.9. The topological polar surface area (TPSA) is 85.1 Å². The van der Waals surface area contributed by atoms with Crippen LogP contribution >= 0.6 is 11.3 Å². The van der Waals surface area contributed by atoms with E-state index in [2.05, 4.69) is 36.6 Å². The Kier molecular flexibility index (Phi) is 5.07. The third-order valence-corrected chi connectivity index (χ3v) is 7.22. The average Bonchev–Trinajstić information content (AvgIpc) is 2.84. The van der Waals surface area contributed by atoms with Crippen molar-refractivity contribution in [3.05, 3.63) is 16.1 Å². The minimum atomic E-state index is -3.04. The number of nitrogens with two attached hydrogens (primary N) is 1. The predicted octanol–water partition coefficient (Wildman–Crippen LogP) is 1.78. The Morgan fingerprint density at radius 3 is 2.71 bits per heavy atom. The molecule has 21 heavy (non-hydrogen) atoms. The van der Waals surface area contributed by atoms with Gasteiger partial charge in [-0.25, -0.2) is 13.4 Å². The summed E-state index contributed by atoms with van der Waals surface area (Å²) in [5.41, 5.74) is 3.77. The van der Waals surface area contributed by atoms with Crippen molar-refractivity contribution in [1.29, 1.82) is 0 Å². The molecule has 0 amide bonds. The number of thiazole rings is 1. The molecule has 0 aromatic carbocycles. The predicted molar refractivity (Wildman–Crippen MR) is 87.1 cm³/mol. The van der Waals surface area contributed by atoms with Crippen molar-refractivity contribution >= 4 is 21.2 Å². The summed E-state index contributed by atoms with van der Waals surface area (Å²) in [6, 6.07) is -0.255. The van der Waals surface area contributed by atoms with Gasteiger partial charge in [-0.15, -0.1) is 11.3 Å². The number of aromatic nitrogens is 1. The van der Waals surface area contributed by atoms with Gasteiger partial charge in [-0.3, -0.25) is 11.3 Å². The van der Waals surface area contributed by atoms with Gasteiger partial charge in [-0.2, -0.15) is 0 Å². The Labute approximate surface area is 131 Å². The number of hydrogen-bond donors (Lipinski definition) is 2. The van der Waals surface area contributed by atoms with E-state index in [1.54, 1.807) is 11.3 Å². The van der Waals surface area contributed by atoms with Crippen LogP contribution in [0.15, 0.2) is 5.38 Å². The lowest BCUT2D eigenvalue weighted by Crippen LogP contribution is -2.50. The van der Waals surface area contributed by atoms with Crippen LogP contribution in [-0.2, 0) is 21.7 Å². The maximum absolute atomic E-state index is 12.2. The van der Waals surface area contributed by atoms with Crippen molar-refractivity contribution in [1.82, 2.24) is 10.4 Å². The quantitative estimate of drug-likeness (QED) is 0.649. The van der Waals surface area contributed by atoms with Crippen LogP contribution in [0.5, 0.6) is 0 Å². The molecule has 2 atom stereocenters. The van der Waals surface area contributed by atoms with E-state index in [1.807, 2.05) is 0 Å². The van der Waals surface area contributed by atoms with Crippen LogP contribution in [0, 0.1) is 0 Å². The van der Waals surface area contributed by atoms with Crippen LogP contribution in [0.2, 0.25) is 0 Å². The number of sulfone groups is 1. The van der Waals surface area contributed by atoms with Gasteiger partial charge in [0.1, 0.15) is 0 Å². The Morgan fingerprint density at radius 1 is 1.48 bits per heavy atom. The molecule has 1 fully saturated rings. The first-order chi connectivity index (χ1) is 9.74. The standard InChI is InChI=1S/C14H25N3O2S2/c1-14(2,3)12-9-20-13(16-12)8-10(17-15)11-6-4-5-7-21(11,18)19/h9-11,17H,4-8,15H2,1-3H3. The Bertz CT molecular complexity index is 575. The molecule has 120 valence electrons. The highest BCUT2D eigenvalue weighted by Crippen LogP contribution is 2.27. The van der Waals surface area contributed by atoms with Gasteiger partial charge in [-0.1, -0.05) is 27.2 Å². The smallest absolute Gasteiger partial charge is 0.154 e. The van der Waals surface area contributed by atoms with Gasteiger partial charge < -0.3 is 0 Å². The molecule has 0 radical (unpaired) electrons. The van der Waals surface area contributed by atoms with Gasteiger partial charge in [0.05, 0.1) is 21.7 Å². The highest BCUT2D eigenvalue weighted by atomic mass is 32.2. The van der Waals surface area contributed by atoms with E-state index in [4.69, 9.17) is 5.84 Å². The number of nitrogens with one attached hydrogen (secondary N) is 1. The van der Waals surface area contributed by atoms with Crippen molar-refractivity contribution in [2.45, 2.75) is 63.2 Å². The summed E-state index contributed by atoms with van der Waals surface area (Å²) in [4.78, 5) is 4.64. The second-order valence-electron chi connectivity index (χ2n) is 6.75. The molecule has 3 N–H and O–H groups in total. The summed E-state index contributed by atoms with van der Waals surface area (Å²) in [5.74, 6) is 5.91. The average molecular weight is 332 g/mol. The zero-order valence-corrected chi connectivity index (χ0v) is 14.6. The molecular weight excluding hydrogens is 306 g/mol. The Morgan fingerprint density at radius 2 is 2.19 bits per heavy atom. The van der Waals surface area contributed by atoms with Crippen molar-refractivity contribution < 1.29 is 8.42 Å². The molecule has 1 saturated heterocycles. The largest absolute Gasteiger partial charge is 0.271 e. The van der Waals surface area contributed by atoms with Crippen molar-refractivity contribution in [3.63, 3.8) is 0 Å². The van der Waals surface area contributed by atoms with E-state index in [1.165, 1.54) is 0 Å². The normalized spacial score (nSPS) is 23.9. The summed E-state index contributed by atoms with van der Waals surface area (Å²) in [6.07, 6.45) is 2.98. The molecule has 2 rings (SSSR count). The SMILES string of the molecule is CC(C)(C)c1csc(CC(NN)C2CCCCS2(=O)=O)n1. The van der Waals surface area contributed by atoms with E-state index in [0.717, 1.165) is 23.5 Å². The molecule has 2 heterocycles. The van der Waals surface area contributed by atoms with Crippen LogP contribution in [-0.4, -0.2) is 30.4 Å². The van der Waals surface area contributed by atoms with E-state index >= 15 is 0 Å². The summed E-state index contributed by atoms with van der Waals surface area (Å²) in [7, 11) is -3.04. The molecule has 0 bridgehead atoms. The molecule has 1 aliphatic heterocycles. The highest BCUT2D eigenvalue weighted by Gasteiger charge is 2.35. The first kappa shape index (κ1) is 16.9. The zero-order chi connectivity index (χ0) is 15.7. The van der Waals surface area contributed by atoms with E-state index < -0.39 is 15.1 Å². The lowest BCUT2D eigenvalue weighted by atomic mass is 9.93. The van der Waals surface area contributed by atoms with Gasteiger partial charge in [0, 0.05) is 23.3 Å². The fourth-order valence-electron chi connectivity index (χ4n) is 2.67.